The third-order valence-corrected chi connectivity index (χ3v) is 9.01. The number of carbonyl (C=O) groups is 4. The number of nitrogens with two attached hydrogens (primary N) is 1. The lowest BCUT2D eigenvalue weighted by atomic mass is 9.93. The van der Waals surface area contributed by atoms with Crippen LogP contribution < -0.4 is 11.2 Å². The highest BCUT2D eigenvalue weighted by molar-refractivity contribution is 6.36. The van der Waals surface area contributed by atoms with Crippen LogP contribution >= 0.6 is 11.6 Å². The zero-order chi connectivity index (χ0) is 35.4. The fourth-order valence-corrected chi connectivity index (χ4v) is 6.52. The molecule has 0 saturated heterocycles. The van der Waals surface area contributed by atoms with E-state index in [0.717, 1.165) is 79.3 Å². The quantitative estimate of drug-likeness (QED) is 0.116. The average molecular weight is 686 g/mol. The van der Waals surface area contributed by atoms with Crippen LogP contribution in [0, 0.1) is 0 Å². The monoisotopic (exact) mass is 685 g/mol. The lowest BCUT2D eigenvalue weighted by Gasteiger charge is -2.18. The molecule has 0 unspecified atom stereocenters. The molecule has 7 N–H and O–H groups in total. The van der Waals surface area contributed by atoms with E-state index >= 15 is 0 Å². The number of nitrogens with zero attached hydrogens (tertiary/aromatic N) is 1. The van der Waals surface area contributed by atoms with Crippen molar-refractivity contribution in [2.75, 3.05) is 5.73 Å². The minimum absolute atomic E-state index is 0.0125. The second-order valence-corrected chi connectivity index (χ2v) is 12.0. The number of halogens is 1. The predicted octanol–water partition coefficient (Wildman–Crippen LogP) is 6.24. The summed E-state index contributed by atoms with van der Waals surface area (Å²) < 4.78 is 0. The number of carboxylic acids is 4. The number of para-hydroxylation sites is 3. The van der Waals surface area contributed by atoms with Crippen LogP contribution in [0.25, 0.3) is 21.8 Å². The number of aryl methyl sites for hydroxylation is 2. The maximum atomic E-state index is 12.3. The molecule has 0 spiro atoms. The zero-order valence-corrected chi connectivity index (χ0v) is 26.8. The topological polar surface area (TPSA) is 221 Å². The molecule has 252 valence electrons. The van der Waals surface area contributed by atoms with E-state index in [1.165, 1.54) is 24.3 Å². The largest absolute Gasteiger partial charge is 0.478 e. The number of nitrogen functional groups attached to an aromatic ring is 1. The number of carboxylic acid groups (broad SMARTS) is 4. The molecule has 0 radical (unpaired) electrons. The van der Waals surface area contributed by atoms with Crippen molar-refractivity contribution in [3.05, 3.63) is 115 Å². The molecule has 2 aromatic heterocycles. The second kappa shape index (κ2) is 14.6. The van der Waals surface area contributed by atoms with Gasteiger partial charge in [-0.15, -0.1) is 0 Å². The minimum atomic E-state index is -1.24. The molecule has 49 heavy (non-hydrogen) atoms. The van der Waals surface area contributed by atoms with E-state index in [0.29, 0.717) is 21.4 Å². The van der Waals surface area contributed by atoms with Gasteiger partial charge in [0.2, 0.25) is 0 Å². The normalized spacial score (nSPS) is 13.2. The number of hydrogen-bond acceptors (Lipinski definition) is 7. The first-order valence-electron chi connectivity index (χ1n) is 15.5. The maximum Gasteiger partial charge on any atom is 0.337 e. The van der Waals surface area contributed by atoms with Gasteiger partial charge in [-0.2, -0.15) is 0 Å². The molecule has 13 heteroatoms. The standard InChI is InChI=1S/C14H12ClNO2.C14H13NO3.C8H7NO4/c15-12-8-4-1-2-7-11(8)16-13-9(12)5-3-6-10(13)14(17)18;16-13-8-4-1-2-7-11(8)15-12-9(13)5-3-6-10(12)14(17)18;9-6-4(7(10)11)2-1-3-5(6)8(12)13/h3,5-6H,1-2,4,7H2,(H,17,18);3,5-6H,1-2,4,7H2,(H,15,16)(H,17,18);1-3H,9H2,(H,10,11)(H,12,13). The summed E-state index contributed by atoms with van der Waals surface area (Å²) in [6, 6.07) is 13.8. The predicted molar refractivity (Wildman–Crippen MR) is 183 cm³/mol. The molecule has 0 atom stereocenters. The van der Waals surface area contributed by atoms with Gasteiger partial charge in [0.05, 0.1) is 44.0 Å². The van der Waals surface area contributed by atoms with E-state index in [4.69, 9.17) is 32.7 Å². The number of aromatic nitrogens is 2. The van der Waals surface area contributed by atoms with E-state index in [1.807, 2.05) is 6.07 Å². The Morgan fingerprint density at radius 1 is 0.653 bits per heavy atom. The summed E-state index contributed by atoms with van der Waals surface area (Å²) in [6.45, 7) is 0. The minimum Gasteiger partial charge on any atom is -0.478 e. The third kappa shape index (κ3) is 7.09. The number of H-pyrrole nitrogens is 1. The molecule has 0 amide bonds. The van der Waals surface area contributed by atoms with Gasteiger partial charge in [0, 0.05) is 27.7 Å². The summed E-state index contributed by atoms with van der Waals surface area (Å²) in [5.74, 6) is -4.44. The fourth-order valence-electron chi connectivity index (χ4n) is 6.16. The number of pyridine rings is 2. The lowest BCUT2D eigenvalue weighted by molar-refractivity contribution is 0.0682. The lowest BCUT2D eigenvalue weighted by Crippen LogP contribution is -2.19. The summed E-state index contributed by atoms with van der Waals surface area (Å²) >= 11 is 6.40. The Balaban J connectivity index is 0.000000146. The van der Waals surface area contributed by atoms with Crippen LogP contribution in [0.1, 0.15) is 89.6 Å². The Labute approximate surface area is 283 Å². The smallest absolute Gasteiger partial charge is 0.337 e. The highest BCUT2D eigenvalue weighted by atomic mass is 35.5. The van der Waals surface area contributed by atoms with Crippen LogP contribution in [0.4, 0.5) is 5.69 Å². The molecule has 0 aliphatic heterocycles. The second-order valence-electron chi connectivity index (χ2n) is 11.6. The van der Waals surface area contributed by atoms with Gasteiger partial charge in [0.15, 0.2) is 5.43 Å². The summed E-state index contributed by atoms with van der Waals surface area (Å²) in [5.41, 5.74) is 9.86. The molecule has 0 bridgehead atoms. The van der Waals surface area contributed by atoms with Gasteiger partial charge in [0.1, 0.15) is 0 Å². The van der Waals surface area contributed by atoms with Crippen molar-refractivity contribution < 1.29 is 39.6 Å². The molecule has 5 aromatic rings. The highest BCUT2D eigenvalue weighted by Gasteiger charge is 2.21. The highest BCUT2D eigenvalue weighted by Crippen LogP contribution is 2.34. The number of aromatic amines is 1. The molecule has 0 saturated carbocycles. The van der Waals surface area contributed by atoms with Gasteiger partial charge in [-0.3, -0.25) is 9.78 Å². The summed E-state index contributed by atoms with van der Waals surface area (Å²) in [6.07, 6.45) is 7.74. The number of rotatable bonds is 4. The van der Waals surface area contributed by atoms with Crippen molar-refractivity contribution in [1.29, 1.82) is 0 Å². The first kappa shape index (κ1) is 34.6. The molecule has 2 aliphatic carbocycles. The van der Waals surface area contributed by atoms with Crippen LogP contribution in [-0.4, -0.2) is 54.3 Å². The van der Waals surface area contributed by atoms with Crippen molar-refractivity contribution in [2.45, 2.75) is 51.4 Å². The average Bonchev–Trinajstić information content (AvgIpc) is 3.08. The molecule has 2 heterocycles. The molecular weight excluding hydrogens is 654 g/mol. The first-order valence-corrected chi connectivity index (χ1v) is 15.9. The number of fused-ring (bicyclic) bond motifs is 4. The van der Waals surface area contributed by atoms with Crippen LogP contribution in [0.2, 0.25) is 5.02 Å². The van der Waals surface area contributed by atoms with Crippen LogP contribution in [0.3, 0.4) is 0 Å². The Morgan fingerprint density at radius 3 is 1.76 bits per heavy atom. The number of nitrogens with one attached hydrogen (secondary N) is 1. The molecule has 3 aromatic carbocycles. The van der Waals surface area contributed by atoms with Gasteiger partial charge in [-0.25, -0.2) is 19.2 Å². The Kier molecular flexibility index (Phi) is 10.3. The molecule has 0 fully saturated rings. The maximum absolute atomic E-state index is 12.3. The van der Waals surface area contributed by atoms with E-state index in [-0.39, 0.29) is 33.4 Å². The summed E-state index contributed by atoms with van der Waals surface area (Å²) in [5, 5.41) is 37.5. The fraction of sp³-hybridized carbons (Fsp3) is 0.222. The number of aromatic carboxylic acids is 4. The van der Waals surface area contributed by atoms with Crippen molar-refractivity contribution in [2.24, 2.45) is 0 Å². The SMILES string of the molecule is Nc1c(C(=O)O)cccc1C(=O)O.O=C(O)c1cccc2c(=O)c3c([nH]c12)CCCC3.O=C(O)c1cccc2c(Cl)c3c(nc12)CCCC3. The van der Waals surface area contributed by atoms with E-state index in [9.17, 15) is 29.1 Å². The van der Waals surface area contributed by atoms with Crippen LogP contribution in [-0.2, 0) is 25.7 Å². The zero-order valence-electron chi connectivity index (χ0n) is 26.1. The van der Waals surface area contributed by atoms with E-state index in [1.54, 1.807) is 24.3 Å². The molecule has 7 rings (SSSR count). The van der Waals surface area contributed by atoms with Crippen molar-refractivity contribution >= 4 is 63.0 Å². The number of benzene rings is 3. The van der Waals surface area contributed by atoms with Gasteiger partial charge in [-0.05, 0) is 87.3 Å². The van der Waals surface area contributed by atoms with Crippen molar-refractivity contribution in [3.8, 4) is 0 Å². The Morgan fingerprint density at radius 2 is 1.14 bits per heavy atom. The summed E-state index contributed by atoms with van der Waals surface area (Å²) in [7, 11) is 0. The van der Waals surface area contributed by atoms with Crippen molar-refractivity contribution in [1.82, 2.24) is 9.97 Å². The van der Waals surface area contributed by atoms with Gasteiger partial charge in [0.25, 0.3) is 0 Å². The van der Waals surface area contributed by atoms with Crippen molar-refractivity contribution in [3.63, 3.8) is 0 Å². The molecule has 12 nitrogen and oxygen atoms in total. The van der Waals surface area contributed by atoms with Crippen LogP contribution in [0.5, 0.6) is 0 Å². The summed E-state index contributed by atoms with van der Waals surface area (Å²) in [4.78, 5) is 63.5. The first-order chi connectivity index (χ1) is 23.4. The van der Waals surface area contributed by atoms with Gasteiger partial charge in [-0.1, -0.05) is 35.9 Å². The van der Waals surface area contributed by atoms with Gasteiger partial charge < -0.3 is 31.1 Å². The van der Waals surface area contributed by atoms with Gasteiger partial charge >= 0.3 is 23.9 Å². The molecular formula is C36H32ClN3O9. The third-order valence-electron chi connectivity index (χ3n) is 8.58. The number of anilines is 1. The van der Waals surface area contributed by atoms with E-state index < -0.39 is 23.9 Å². The number of hydrogen-bond donors (Lipinski definition) is 6. The van der Waals surface area contributed by atoms with E-state index in [2.05, 4.69) is 9.97 Å². The Hall–Kier alpha value is -5.75. The van der Waals surface area contributed by atoms with Crippen LogP contribution in [0.15, 0.2) is 59.4 Å². The Bertz CT molecular complexity index is 2180. The molecule has 2 aliphatic rings.